The smallest absolute Gasteiger partial charge is 0.246 e. The van der Waals surface area contributed by atoms with Crippen molar-refractivity contribution < 1.29 is 33.3 Å². The first-order valence-corrected chi connectivity index (χ1v) is 26.0. The third kappa shape index (κ3) is 12.9. The molecule has 0 spiro atoms. The Bertz CT molecular complexity index is 2680. The molecule has 0 radical (unpaired) electrons. The Labute approximate surface area is 421 Å². The van der Waals surface area contributed by atoms with Gasteiger partial charge in [0.15, 0.2) is 5.75 Å². The van der Waals surface area contributed by atoms with Gasteiger partial charge in [-0.25, -0.2) is 4.98 Å². The van der Waals surface area contributed by atoms with E-state index in [1.807, 2.05) is 112 Å². The van der Waals surface area contributed by atoms with Crippen molar-refractivity contribution in [2.45, 2.75) is 59.2 Å². The first-order chi connectivity index (χ1) is 33.3. The number of nitrogens with one attached hydrogen (secondary N) is 2. The highest BCUT2D eigenvalue weighted by atomic mass is 79.9. The summed E-state index contributed by atoms with van der Waals surface area (Å²) in [4.78, 5) is 53.5. The lowest BCUT2D eigenvalue weighted by Gasteiger charge is -2.35. The van der Waals surface area contributed by atoms with E-state index in [1.165, 1.54) is 0 Å². The van der Waals surface area contributed by atoms with E-state index in [-0.39, 0.29) is 24.3 Å². The molecule has 0 saturated carbocycles. The molecule has 2 fully saturated rings. The number of methoxy groups -OCH3 is 1. The van der Waals surface area contributed by atoms with Crippen LogP contribution < -0.4 is 24.8 Å². The van der Waals surface area contributed by atoms with Crippen LogP contribution in [0.25, 0.3) is 31.0 Å². The summed E-state index contributed by atoms with van der Waals surface area (Å²) in [6, 6.07) is 28.8. The van der Waals surface area contributed by atoms with Crippen LogP contribution in [0.2, 0.25) is 0 Å². The maximum Gasteiger partial charge on any atom is 0.246 e. The summed E-state index contributed by atoms with van der Waals surface area (Å²) in [6.07, 6.45) is 1.29. The zero-order valence-electron chi connectivity index (χ0n) is 39.9. The fourth-order valence-electron chi connectivity index (χ4n) is 8.66. The normalized spacial score (nSPS) is 16.1. The van der Waals surface area contributed by atoms with Crippen LogP contribution in [0, 0.1) is 12.3 Å². The van der Waals surface area contributed by atoms with Crippen LogP contribution in [-0.4, -0.2) is 122 Å². The van der Waals surface area contributed by atoms with Gasteiger partial charge in [0.2, 0.25) is 17.7 Å². The van der Waals surface area contributed by atoms with Crippen LogP contribution in [0.5, 0.6) is 23.0 Å². The summed E-state index contributed by atoms with van der Waals surface area (Å²) in [7, 11) is 1.68. The molecule has 3 amide bonds. The summed E-state index contributed by atoms with van der Waals surface area (Å²) >= 11 is 6.83. The van der Waals surface area contributed by atoms with Gasteiger partial charge in [0.25, 0.3) is 0 Å². The second-order valence-corrected chi connectivity index (χ2v) is 21.3. The quantitative estimate of drug-likeness (QED) is 0.0756. The van der Waals surface area contributed by atoms with Gasteiger partial charge in [-0.05, 0) is 96.5 Å². The molecule has 364 valence electrons. The minimum atomic E-state index is -0.810. The van der Waals surface area contributed by atoms with E-state index in [0.717, 1.165) is 109 Å². The van der Waals surface area contributed by atoms with Crippen molar-refractivity contribution >= 4 is 66.4 Å². The Morgan fingerprint density at radius 3 is 2.14 bits per heavy atom. The Balaban J connectivity index is 0.729. The molecule has 2 atom stereocenters. The van der Waals surface area contributed by atoms with Crippen molar-refractivity contribution in [1.82, 2.24) is 30.3 Å². The zero-order chi connectivity index (χ0) is 48.5. The van der Waals surface area contributed by atoms with Gasteiger partial charge >= 0.3 is 0 Å². The van der Waals surface area contributed by atoms with Crippen molar-refractivity contribution in [3.05, 3.63) is 112 Å². The Morgan fingerprint density at radius 2 is 1.48 bits per heavy atom. The second-order valence-electron chi connectivity index (χ2n) is 18.5. The van der Waals surface area contributed by atoms with E-state index < -0.39 is 17.5 Å². The largest absolute Gasteiger partial charge is 0.497 e. The number of halogens is 1. The highest BCUT2D eigenvalue weighted by molar-refractivity contribution is 9.10. The summed E-state index contributed by atoms with van der Waals surface area (Å²) in [6.45, 7) is 14.5. The SMILES string of the molecule is COc1ccc2c(Oc3ccc(OCCN4CCN(CCOCC(=O)N[C@H](C(=O)N5CCC[C@H]5C(=O)NCc5ccc(-c6scnc6C)cc5)C(C)(C)C)CC4)cc3)c(-c3ccc(Br)cc3)sc2c1. The van der Waals surface area contributed by atoms with Gasteiger partial charge in [-0.3, -0.25) is 24.2 Å². The Kier molecular flexibility index (Phi) is 16.7. The molecule has 16 heteroatoms. The van der Waals surface area contributed by atoms with Crippen molar-refractivity contribution in [2.24, 2.45) is 5.41 Å². The molecule has 4 aromatic carbocycles. The number of ether oxygens (including phenoxy) is 4. The lowest BCUT2D eigenvalue weighted by Crippen LogP contribution is -2.58. The zero-order valence-corrected chi connectivity index (χ0v) is 43.1. The van der Waals surface area contributed by atoms with Crippen LogP contribution in [0.15, 0.2) is 101 Å². The molecule has 0 bridgehead atoms. The number of aryl methyl sites for hydroxylation is 1. The first kappa shape index (κ1) is 50.0. The number of aromatic nitrogens is 1. The van der Waals surface area contributed by atoms with Crippen LogP contribution in [0.4, 0.5) is 0 Å². The van der Waals surface area contributed by atoms with Gasteiger partial charge in [-0.2, -0.15) is 0 Å². The number of carbonyl (C=O) groups excluding carboxylic acids is 3. The maximum atomic E-state index is 14.0. The summed E-state index contributed by atoms with van der Waals surface area (Å²) in [5, 5.41) is 7.01. The summed E-state index contributed by atoms with van der Waals surface area (Å²) in [5.74, 6) is 2.35. The standard InChI is InChI=1S/C53H61BrN6O7S2/c1-35-48(68-34-56-35)37-10-8-36(9-11-37)32-55-51(62)44-7-6-22-60(44)52(63)50(53(2,3)4)57-46(61)33-65-29-27-58-23-25-59(26-24-58)28-30-66-40-16-18-41(19-17-40)67-47-43-21-20-42(64-5)31-45(43)69-49(47)38-12-14-39(54)15-13-38/h8-21,31,34,44,50H,6-7,22-30,32-33H2,1-5H3,(H,55,62)(H,57,61)/t44-,50+/m0/s1. The summed E-state index contributed by atoms with van der Waals surface area (Å²) < 4.78 is 26.1. The lowest BCUT2D eigenvalue weighted by atomic mass is 9.85. The molecule has 2 aromatic heterocycles. The Hall–Kier alpha value is -5.36. The molecule has 2 aliphatic rings. The number of rotatable bonds is 19. The highest BCUT2D eigenvalue weighted by Gasteiger charge is 2.42. The predicted octanol–water partition coefficient (Wildman–Crippen LogP) is 9.41. The number of hydrogen-bond acceptors (Lipinski definition) is 12. The monoisotopic (exact) mass is 1040 g/mol. The van der Waals surface area contributed by atoms with Gasteiger partial charge in [-0.1, -0.05) is 73.1 Å². The van der Waals surface area contributed by atoms with Crippen LogP contribution in [0.3, 0.4) is 0 Å². The molecule has 8 rings (SSSR count). The average molecular weight is 1040 g/mol. The molecular formula is C53H61BrN6O7S2. The fraction of sp³-hybridized carbons (Fsp3) is 0.396. The minimum Gasteiger partial charge on any atom is -0.497 e. The highest BCUT2D eigenvalue weighted by Crippen LogP contribution is 2.47. The number of hydrogen-bond donors (Lipinski definition) is 2. The van der Waals surface area contributed by atoms with E-state index in [4.69, 9.17) is 18.9 Å². The topological polar surface area (TPSA) is 135 Å². The van der Waals surface area contributed by atoms with Crippen LogP contribution in [-0.2, 0) is 25.7 Å². The van der Waals surface area contributed by atoms with Crippen molar-refractivity contribution in [2.75, 3.05) is 72.7 Å². The van der Waals surface area contributed by atoms with Gasteiger partial charge < -0.3 is 34.5 Å². The minimum absolute atomic E-state index is 0.150. The predicted molar refractivity (Wildman–Crippen MR) is 277 cm³/mol. The van der Waals surface area contributed by atoms with E-state index in [1.54, 1.807) is 34.7 Å². The molecule has 6 aromatic rings. The van der Waals surface area contributed by atoms with Crippen molar-refractivity contribution in [1.29, 1.82) is 0 Å². The van der Waals surface area contributed by atoms with E-state index in [0.29, 0.717) is 39.3 Å². The molecule has 2 saturated heterocycles. The Morgan fingerprint density at radius 1 is 0.826 bits per heavy atom. The molecule has 2 aliphatic heterocycles. The van der Waals surface area contributed by atoms with E-state index in [2.05, 4.69) is 53.5 Å². The molecule has 0 aliphatic carbocycles. The summed E-state index contributed by atoms with van der Waals surface area (Å²) in [5.41, 5.74) is 5.40. The molecular weight excluding hydrogens is 977 g/mol. The molecule has 4 heterocycles. The number of thiophene rings is 1. The molecule has 2 N–H and O–H groups in total. The second kappa shape index (κ2) is 23.0. The van der Waals surface area contributed by atoms with E-state index >= 15 is 0 Å². The third-order valence-corrected chi connectivity index (χ3v) is 15.3. The number of fused-ring (bicyclic) bond motifs is 1. The first-order valence-electron chi connectivity index (χ1n) is 23.5. The van der Waals surface area contributed by atoms with Crippen LogP contribution >= 0.6 is 38.6 Å². The van der Waals surface area contributed by atoms with Crippen LogP contribution in [0.1, 0.15) is 44.9 Å². The maximum absolute atomic E-state index is 14.0. The van der Waals surface area contributed by atoms with Crippen molar-refractivity contribution in [3.8, 4) is 43.9 Å². The third-order valence-electron chi connectivity index (χ3n) is 12.6. The number of likely N-dealkylation sites (tertiary alicyclic amines) is 1. The number of carbonyl (C=O) groups is 3. The van der Waals surface area contributed by atoms with Gasteiger partial charge in [0.05, 0.1) is 34.7 Å². The van der Waals surface area contributed by atoms with E-state index in [9.17, 15) is 14.4 Å². The average Bonchev–Trinajstić information content (AvgIpc) is 4.11. The fourth-order valence-corrected chi connectivity index (χ4v) is 10.9. The van der Waals surface area contributed by atoms with Gasteiger partial charge in [0, 0.05) is 66.9 Å². The number of benzene rings is 4. The lowest BCUT2D eigenvalue weighted by molar-refractivity contribution is -0.144. The molecule has 69 heavy (non-hydrogen) atoms. The molecule has 13 nitrogen and oxygen atoms in total. The van der Waals surface area contributed by atoms with Crippen molar-refractivity contribution in [3.63, 3.8) is 0 Å². The van der Waals surface area contributed by atoms with Gasteiger partial charge in [0.1, 0.15) is 42.5 Å². The number of nitrogens with zero attached hydrogens (tertiary/aromatic N) is 4. The number of piperazine rings is 1. The molecule has 0 unspecified atom stereocenters. The number of amides is 3. The number of thiazole rings is 1. The van der Waals surface area contributed by atoms with Gasteiger partial charge in [-0.15, -0.1) is 22.7 Å².